The molecule has 0 fully saturated rings. The van der Waals surface area contributed by atoms with Crippen molar-refractivity contribution < 1.29 is 22.7 Å². The molecule has 1 aromatic heterocycles. The summed E-state index contributed by atoms with van der Waals surface area (Å²) in [6.45, 7) is 0.185. The van der Waals surface area contributed by atoms with Gasteiger partial charge in [0, 0.05) is 18.9 Å². The first-order valence-electron chi connectivity index (χ1n) is 6.04. The summed E-state index contributed by atoms with van der Waals surface area (Å²) in [5.41, 5.74) is 5.75. The van der Waals surface area contributed by atoms with E-state index >= 15 is 0 Å². The molecule has 2 aromatic rings. The number of aromatic nitrogens is 2. The van der Waals surface area contributed by atoms with Crippen LogP contribution in [0.25, 0.3) is 0 Å². The van der Waals surface area contributed by atoms with E-state index in [1.165, 1.54) is 30.6 Å². The number of hydrogen-bond acceptors (Lipinski definition) is 5. The first-order valence-corrected chi connectivity index (χ1v) is 6.04. The second-order valence-corrected chi connectivity index (χ2v) is 4.21. The summed E-state index contributed by atoms with van der Waals surface area (Å²) < 4.78 is 40.2. The predicted molar refractivity (Wildman–Crippen MR) is 71.0 cm³/mol. The number of benzene rings is 1. The normalized spacial score (nSPS) is 11.0. The van der Waals surface area contributed by atoms with Gasteiger partial charge in [-0.1, -0.05) is 12.1 Å². The Labute approximate surface area is 123 Å². The molecular weight excluding hydrogens is 301 g/mol. The highest BCUT2D eigenvalue weighted by atomic mass is 19.4. The number of anilines is 1. The zero-order valence-electron chi connectivity index (χ0n) is 11.1. The zero-order valence-corrected chi connectivity index (χ0v) is 11.1. The van der Waals surface area contributed by atoms with E-state index in [-0.39, 0.29) is 23.8 Å². The number of carbonyl (C=O) groups excluding carboxylic acids is 1. The molecule has 0 atom stereocenters. The Hall–Kier alpha value is -2.84. The van der Waals surface area contributed by atoms with Gasteiger partial charge in [0.2, 0.25) is 5.95 Å². The van der Waals surface area contributed by atoms with Gasteiger partial charge in [-0.25, -0.2) is 9.97 Å². The van der Waals surface area contributed by atoms with Gasteiger partial charge in [-0.05, 0) is 17.7 Å². The number of halogens is 3. The van der Waals surface area contributed by atoms with Gasteiger partial charge in [-0.15, -0.1) is 13.2 Å². The third-order valence-corrected chi connectivity index (χ3v) is 2.52. The molecule has 1 heterocycles. The van der Waals surface area contributed by atoms with Crippen molar-refractivity contribution in [3.8, 4) is 5.75 Å². The minimum atomic E-state index is -4.74. The Morgan fingerprint density at radius 2 is 1.95 bits per heavy atom. The Morgan fingerprint density at radius 1 is 1.27 bits per heavy atom. The number of nitrogens with zero attached hydrogens (tertiary/aromatic N) is 2. The summed E-state index contributed by atoms with van der Waals surface area (Å²) in [6, 6.07) is 5.51. The zero-order chi connectivity index (χ0) is 16.2. The monoisotopic (exact) mass is 312 g/mol. The molecule has 3 N–H and O–H groups in total. The summed E-state index contributed by atoms with van der Waals surface area (Å²) in [4.78, 5) is 18.6. The summed E-state index contributed by atoms with van der Waals surface area (Å²) in [5.74, 6) is -0.743. The molecule has 0 saturated heterocycles. The second kappa shape index (κ2) is 6.29. The highest BCUT2D eigenvalue weighted by molar-refractivity contribution is 5.92. The van der Waals surface area contributed by atoms with E-state index in [1.807, 2.05) is 0 Å². The number of nitrogens with one attached hydrogen (secondary N) is 1. The third kappa shape index (κ3) is 4.62. The van der Waals surface area contributed by atoms with Crippen LogP contribution >= 0.6 is 0 Å². The number of primary amides is 1. The van der Waals surface area contributed by atoms with Crippen LogP contribution in [-0.2, 0) is 6.54 Å². The summed E-state index contributed by atoms with van der Waals surface area (Å²) in [7, 11) is 0. The molecule has 6 nitrogen and oxygen atoms in total. The highest BCUT2D eigenvalue weighted by Crippen LogP contribution is 2.23. The molecule has 0 spiro atoms. The average Bonchev–Trinajstić information content (AvgIpc) is 2.44. The van der Waals surface area contributed by atoms with E-state index in [0.717, 1.165) is 0 Å². The fourth-order valence-corrected chi connectivity index (χ4v) is 1.58. The van der Waals surface area contributed by atoms with Crippen molar-refractivity contribution >= 4 is 11.9 Å². The Bertz CT molecular complexity index is 659. The standard InChI is InChI=1S/C13H11F3N4O2/c14-13(15,16)22-10-3-1-2-8(4-10)5-18-12-19-6-9(7-20-12)11(17)21/h1-4,6-7H,5H2,(H2,17,21)(H,18,19,20). The maximum Gasteiger partial charge on any atom is 0.573 e. The molecule has 2 rings (SSSR count). The first kappa shape index (κ1) is 15.5. The molecule has 9 heteroatoms. The molecule has 0 aliphatic rings. The van der Waals surface area contributed by atoms with E-state index < -0.39 is 12.3 Å². The van der Waals surface area contributed by atoms with Gasteiger partial charge in [0.05, 0.1) is 5.56 Å². The van der Waals surface area contributed by atoms with Crippen LogP contribution in [0.3, 0.4) is 0 Å². The fraction of sp³-hybridized carbons (Fsp3) is 0.154. The molecule has 0 aliphatic carbocycles. The van der Waals surface area contributed by atoms with E-state index in [2.05, 4.69) is 20.0 Å². The van der Waals surface area contributed by atoms with E-state index in [1.54, 1.807) is 6.07 Å². The molecule has 22 heavy (non-hydrogen) atoms. The van der Waals surface area contributed by atoms with Gasteiger partial charge in [-0.3, -0.25) is 4.79 Å². The lowest BCUT2D eigenvalue weighted by atomic mass is 10.2. The van der Waals surface area contributed by atoms with Crippen molar-refractivity contribution in [2.24, 2.45) is 5.73 Å². The molecule has 0 bridgehead atoms. The molecular formula is C13H11F3N4O2. The first-order chi connectivity index (χ1) is 10.3. The molecule has 1 aromatic carbocycles. The van der Waals surface area contributed by atoms with Crippen molar-refractivity contribution in [3.05, 3.63) is 47.8 Å². The SMILES string of the molecule is NC(=O)c1cnc(NCc2cccc(OC(F)(F)F)c2)nc1. The van der Waals surface area contributed by atoms with Crippen LogP contribution in [0.5, 0.6) is 5.75 Å². The molecule has 116 valence electrons. The fourth-order valence-electron chi connectivity index (χ4n) is 1.58. The van der Waals surface area contributed by atoms with Crippen LogP contribution in [0, 0.1) is 0 Å². The quantitative estimate of drug-likeness (QED) is 0.882. The Kier molecular flexibility index (Phi) is 4.44. The second-order valence-electron chi connectivity index (χ2n) is 4.21. The van der Waals surface area contributed by atoms with Crippen LogP contribution in [0.1, 0.15) is 15.9 Å². The van der Waals surface area contributed by atoms with Crippen molar-refractivity contribution in [2.45, 2.75) is 12.9 Å². The molecule has 0 aliphatic heterocycles. The van der Waals surface area contributed by atoms with E-state index in [9.17, 15) is 18.0 Å². The summed E-state index contributed by atoms with van der Waals surface area (Å²) in [5, 5.41) is 2.81. The third-order valence-electron chi connectivity index (χ3n) is 2.52. The maximum atomic E-state index is 12.1. The van der Waals surface area contributed by atoms with Gasteiger partial charge in [0.1, 0.15) is 5.75 Å². The van der Waals surface area contributed by atoms with Crippen molar-refractivity contribution in [1.82, 2.24) is 9.97 Å². The minimum Gasteiger partial charge on any atom is -0.406 e. The number of ether oxygens (including phenoxy) is 1. The minimum absolute atomic E-state index is 0.158. The summed E-state index contributed by atoms with van der Waals surface area (Å²) >= 11 is 0. The molecule has 0 saturated carbocycles. The van der Waals surface area contributed by atoms with Crippen molar-refractivity contribution in [1.29, 1.82) is 0 Å². The maximum absolute atomic E-state index is 12.1. The summed E-state index contributed by atoms with van der Waals surface area (Å²) in [6.07, 6.45) is -2.23. The number of carbonyl (C=O) groups is 1. The van der Waals surface area contributed by atoms with E-state index in [4.69, 9.17) is 5.73 Å². The van der Waals surface area contributed by atoms with Gasteiger partial charge < -0.3 is 15.8 Å². The van der Waals surface area contributed by atoms with Crippen LogP contribution < -0.4 is 15.8 Å². The van der Waals surface area contributed by atoms with Crippen molar-refractivity contribution in [2.75, 3.05) is 5.32 Å². The van der Waals surface area contributed by atoms with Crippen molar-refractivity contribution in [3.63, 3.8) is 0 Å². The Balaban J connectivity index is 1.99. The lowest BCUT2D eigenvalue weighted by molar-refractivity contribution is -0.274. The molecule has 0 unspecified atom stereocenters. The number of nitrogens with two attached hydrogens (primary N) is 1. The van der Waals surface area contributed by atoms with Gasteiger partial charge in [0.25, 0.3) is 5.91 Å². The van der Waals surface area contributed by atoms with Gasteiger partial charge in [0.15, 0.2) is 0 Å². The predicted octanol–water partition coefficient (Wildman–Crippen LogP) is 2.09. The lowest BCUT2D eigenvalue weighted by Gasteiger charge is -2.10. The van der Waals surface area contributed by atoms with Gasteiger partial charge in [-0.2, -0.15) is 0 Å². The number of alkyl halides is 3. The molecule has 0 radical (unpaired) electrons. The number of rotatable bonds is 5. The average molecular weight is 312 g/mol. The van der Waals surface area contributed by atoms with Crippen LogP contribution in [0.15, 0.2) is 36.7 Å². The Morgan fingerprint density at radius 3 is 2.55 bits per heavy atom. The highest BCUT2D eigenvalue weighted by Gasteiger charge is 2.31. The van der Waals surface area contributed by atoms with E-state index in [0.29, 0.717) is 5.56 Å². The van der Waals surface area contributed by atoms with Crippen LogP contribution in [-0.4, -0.2) is 22.2 Å². The van der Waals surface area contributed by atoms with Crippen LogP contribution in [0.2, 0.25) is 0 Å². The van der Waals surface area contributed by atoms with Crippen LogP contribution in [0.4, 0.5) is 19.1 Å². The molecule has 1 amide bonds. The lowest BCUT2D eigenvalue weighted by Crippen LogP contribution is -2.17. The largest absolute Gasteiger partial charge is 0.573 e. The smallest absolute Gasteiger partial charge is 0.406 e. The number of hydrogen-bond donors (Lipinski definition) is 2. The topological polar surface area (TPSA) is 90.1 Å². The van der Waals surface area contributed by atoms with Gasteiger partial charge >= 0.3 is 6.36 Å². The number of amides is 1.